The highest BCUT2D eigenvalue weighted by atomic mass is 19.1. The molecule has 1 aromatic carbocycles. The Labute approximate surface area is 166 Å². The number of halogens is 1. The molecule has 0 radical (unpaired) electrons. The molecule has 150 valence electrons. The van der Waals surface area contributed by atoms with E-state index >= 15 is 0 Å². The third-order valence-corrected chi connectivity index (χ3v) is 5.38. The van der Waals surface area contributed by atoms with E-state index in [-0.39, 0.29) is 11.7 Å². The van der Waals surface area contributed by atoms with Gasteiger partial charge in [-0.05, 0) is 42.2 Å². The number of amides is 1. The molecule has 28 heavy (non-hydrogen) atoms. The lowest BCUT2D eigenvalue weighted by atomic mass is 10.0. The molecule has 1 amide bonds. The van der Waals surface area contributed by atoms with Crippen LogP contribution >= 0.6 is 0 Å². The van der Waals surface area contributed by atoms with Crippen LogP contribution < -0.4 is 10.2 Å². The summed E-state index contributed by atoms with van der Waals surface area (Å²) in [5, 5.41) is 2.67. The standard InChI is InChI=1S/C22H29FN4O/c1-16(2)20-15-27(21-13-18(9-10-25-21)22(28)24-3)12-4-11-26(20)14-17-5-7-19(23)8-6-17/h5-10,13,16,20H,4,11-12,14-15H2,1-3H3,(H,24,28)/t20-/m1/s1. The minimum atomic E-state index is -0.201. The maximum atomic E-state index is 13.2. The molecule has 0 saturated carbocycles. The van der Waals surface area contributed by atoms with Crippen molar-refractivity contribution in [3.8, 4) is 0 Å². The number of pyridine rings is 1. The number of nitrogens with zero attached hydrogens (tertiary/aromatic N) is 3. The third-order valence-electron chi connectivity index (χ3n) is 5.38. The number of hydrogen-bond donors (Lipinski definition) is 1. The van der Waals surface area contributed by atoms with E-state index in [1.54, 1.807) is 19.3 Å². The lowest BCUT2D eigenvalue weighted by Gasteiger charge is -2.35. The second-order valence-corrected chi connectivity index (χ2v) is 7.69. The summed E-state index contributed by atoms with van der Waals surface area (Å²) < 4.78 is 13.2. The van der Waals surface area contributed by atoms with Crippen LogP contribution in [0.4, 0.5) is 10.2 Å². The van der Waals surface area contributed by atoms with Crippen LogP contribution in [0.5, 0.6) is 0 Å². The topological polar surface area (TPSA) is 48.5 Å². The van der Waals surface area contributed by atoms with E-state index in [1.807, 2.05) is 18.2 Å². The van der Waals surface area contributed by atoms with Crippen LogP contribution in [0.2, 0.25) is 0 Å². The monoisotopic (exact) mass is 384 g/mol. The average molecular weight is 384 g/mol. The highest BCUT2D eigenvalue weighted by molar-refractivity contribution is 5.94. The first-order valence-corrected chi connectivity index (χ1v) is 9.89. The fourth-order valence-corrected chi connectivity index (χ4v) is 3.80. The molecular formula is C22H29FN4O. The Hall–Kier alpha value is -2.47. The molecule has 2 heterocycles. The predicted octanol–water partition coefficient (Wildman–Crippen LogP) is 3.32. The molecule has 6 heteroatoms. The minimum Gasteiger partial charge on any atom is -0.355 e. The summed E-state index contributed by atoms with van der Waals surface area (Å²) in [6, 6.07) is 10.7. The summed E-state index contributed by atoms with van der Waals surface area (Å²) in [6.45, 7) is 8.01. The van der Waals surface area contributed by atoms with Gasteiger partial charge in [-0.25, -0.2) is 9.37 Å². The quantitative estimate of drug-likeness (QED) is 0.859. The van der Waals surface area contributed by atoms with Gasteiger partial charge in [0, 0.05) is 51.0 Å². The summed E-state index contributed by atoms with van der Waals surface area (Å²) >= 11 is 0. The molecule has 1 aromatic heterocycles. The molecule has 1 aliphatic rings. The normalized spacial score (nSPS) is 18.2. The minimum absolute atomic E-state index is 0.100. The molecule has 3 rings (SSSR count). The van der Waals surface area contributed by atoms with Crippen molar-refractivity contribution in [1.29, 1.82) is 0 Å². The van der Waals surface area contributed by atoms with Crippen molar-refractivity contribution in [2.45, 2.75) is 32.9 Å². The summed E-state index contributed by atoms with van der Waals surface area (Å²) in [4.78, 5) is 21.3. The van der Waals surface area contributed by atoms with Crippen molar-refractivity contribution >= 4 is 11.7 Å². The van der Waals surface area contributed by atoms with Gasteiger partial charge in [-0.2, -0.15) is 0 Å². The molecule has 1 saturated heterocycles. The van der Waals surface area contributed by atoms with Gasteiger partial charge in [0.25, 0.3) is 5.91 Å². The van der Waals surface area contributed by atoms with Crippen molar-refractivity contribution in [3.63, 3.8) is 0 Å². The summed E-state index contributed by atoms with van der Waals surface area (Å²) in [7, 11) is 1.64. The van der Waals surface area contributed by atoms with E-state index in [2.05, 4.69) is 33.9 Å². The Morgan fingerprint density at radius 2 is 2.00 bits per heavy atom. The number of carbonyl (C=O) groups is 1. The number of rotatable bonds is 5. The highest BCUT2D eigenvalue weighted by Crippen LogP contribution is 2.23. The molecular weight excluding hydrogens is 355 g/mol. The van der Waals surface area contributed by atoms with Crippen molar-refractivity contribution in [3.05, 3.63) is 59.5 Å². The van der Waals surface area contributed by atoms with Crippen LogP contribution in [0.1, 0.15) is 36.2 Å². The van der Waals surface area contributed by atoms with Gasteiger partial charge in [0.05, 0.1) is 0 Å². The van der Waals surface area contributed by atoms with Crippen molar-refractivity contribution in [2.24, 2.45) is 5.92 Å². The average Bonchev–Trinajstić information content (AvgIpc) is 2.92. The Balaban J connectivity index is 1.79. The zero-order valence-corrected chi connectivity index (χ0v) is 16.9. The maximum absolute atomic E-state index is 13.2. The Bertz CT molecular complexity index is 793. The summed E-state index contributed by atoms with van der Waals surface area (Å²) in [5.74, 6) is 1.00. The molecule has 0 bridgehead atoms. The van der Waals surface area contributed by atoms with E-state index in [0.717, 1.165) is 44.0 Å². The van der Waals surface area contributed by atoms with E-state index < -0.39 is 0 Å². The largest absolute Gasteiger partial charge is 0.355 e. The van der Waals surface area contributed by atoms with E-state index in [0.29, 0.717) is 17.5 Å². The molecule has 1 atom stereocenters. The van der Waals surface area contributed by atoms with Crippen LogP contribution in [0.25, 0.3) is 0 Å². The Morgan fingerprint density at radius 3 is 2.68 bits per heavy atom. The molecule has 1 aliphatic heterocycles. The first-order chi connectivity index (χ1) is 13.5. The SMILES string of the molecule is CNC(=O)c1ccnc(N2CCCN(Cc3ccc(F)cc3)[C@@H](C(C)C)C2)c1. The molecule has 5 nitrogen and oxygen atoms in total. The Morgan fingerprint density at radius 1 is 1.25 bits per heavy atom. The molecule has 1 N–H and O–H groups in total. The van der Waals surface area contributed by atoms with E-state index in [1.165, 1.54) is 12.1 Å². The molecule has 1 fully saturated rings. The zero-order chi connectivity index (χ0) is 20.1. The number of aromatic nitrogens is 1. The second kappa shape index (κ2) is 9.15. The number of anilines is 1. The van der Waals surface area contributed by atoms with Crippen LogP contribution in [0, 0.1) is 11.7 Å². The third kappa shape index (κ3) is 4.87. The number of hydrogen-bond acceptors (Lipinski definition) is 4. The number of carbonyl (C=O) groups excluding carboxylic acids is 1. The molecule has 0 aliphatic carbocycles. The first-order valence-electron chi connectivity index (χ1n) is 9.89. The van der Waals surface area contributed by atoms with Gasteiger partial charge in [-0.1, -0.05) is 26.0 Å². The van der Waals surface area contributed by atoms with E-state index in [4.69, 9.17) is 0 Å². The lowest BCUT2D eigenvalue weighted by Crippen LogP contribution is -2.44. The van der Waals surface area contributed by atoms with Crippen LogP contribution in [0.15, 0.2) is 42.6 Å². The smallest absolute Gasteiger partial charge is 0.251 e. The van der Waals surface area contributed by atoms with Crippen LogP contribution in [0.3, 0.4) is 0 Å². The number of benzene rings is 1. The van der Waals surface area contributed by atoms with E-state index in [9.17, 15) is 9.18 Å². The van der Waals surface area contributed by atoms with Crippen molar-refractivity contribution in [1.82, 2.24) is 15.2 Å². The van der Waals surface area contributed by atoms with Crippen molar-refractivity contribution in [2.75, 3.05) is 31.6 Å². The van der Waals surface area contributed by atoms with Crippen LogP contribution in [-0.4, -0.2) is 48.5 Å². The Kier molecular flexibility index (Phi) is 6.62. The van der Waals surface area contributed by atoms with Gasteiger partial charge in [0.15, 0.2) is 0 Å². The maximum Gasteiger partial charge on any atom is 0.251 e. The second-order valence-electron chi connectivity index (χ2n) is 7.69. The summed E-state index contributed by atoms with van der Waals surface area (Å²) in [6.07, 6.45) is 2.71. The lowest BCUT2D eigenvalue weighted by molar-refractivity contribution is 0.0963. The van der Waals surface area contributed by atoms with Gasteiger partial charge in [-0.15, -0.1) is 0 Å². The molecule has 2 aromatic rings. The van der Waals surface area contributed by atoms with Gasteiger partial charge < -0.3 is 10.2 Å². The molecule has 0 unspecified atom stereocenters. The number of nitrogens with one attached hydrogen (secondary N) is 1. The highest BCUT2D eigenvalue weighted by Gasteiger charge is 2.28. The molecule has 0 spiro atoms. The van der Waals surface area contributed by atoms with Gasteiger partial charge in [0.1, 0.15) is 11.6 Å². The first kappa shape index (κ1) is 20.3. The van der Waals surface area contributed by atoms with Gasteiger partial charge in [0.2, 0.25) is 0 Å². The predicted molar refractivity (Wildman–Crippen MR) is 110 cm³/mol. The zero-order valence-electron chi connectivity index (χ0n) is 16.9. The summed E-state index contributed by atoms with van der Waals surface area (Å²) in [5.41, 5.74) is 1.75. The van der Waals surface area contributed by atoms with Crippen LogP contribution in [-0.2, 0) is 6.54 Å². The van der Waals surface area contributed by atoms with Gasteiger partial charge in [-0.3, -0.25) is 9.69 Å². The van der Waals surface area contributed by atoms with Gasteiger partial charge >= 0.3 is 0 Å². The fourth-order valence-electron chi connectivity index (χ4n) is 3.80. The fraction of sp³-hybridized carbons (Fsp3) is 0.455. The van der Waals surface area contributed by atoms with Crippen molar-refractivity contribution < 1.29 is 9.18 Å².